The van der Waals surface area contributed by atoms with Crippen molar-refractivity contribution in [2.24, 2.45) is 0 Å². The van der Waals surface area contributed by atoms with E-state index in [4.69, 9.17) is 5.11 Å². The van der Waals surface area contributed by atoms with E-state index in [1.165, 1.54) is 9.96 Å². The monoisotopic (exact) mass is 323 g/mol. The van der Waals surface area contributed by atoms with Crippen LogP contribution in [-0.4, -0.2) is 21.1 Å². The van der Waals surface area contributed by atoms with Crippen molar-refractivity contribution < 1.29 is 5.11 Å². The summed E-state index contributed by atoms with van der Waals surface area (Å²) in [6.45, 7) is 0.673. The third-order valence-corrected chi connectivity index (χ3v) is 4.01. The molecule has 2 heterocycles. The number of aromatic nitrogens is 2. The average molecular weight is 323 g/mol. The van der Waals surface area contributed by atoms with Crippen LogP contribution < -0.4 is 10.9 Å². The Morgan fingerprint density at radius 2 is 1.92 bits per heavy atom. The zero-order chi connectivity index (χ0) is 16.8. The van der Waals surface area contributed by atoms with Gasteiger partial charge in [-0.1, -0.05) is 36.4 Å². The molecule has 0 aliphatic rings. The lowest BCUT2D eigenvalue weighted by Gasteiger charge is -2.19. The Kier molecular flexibility index (Phi) is 5.36. The third-order valence-electron chi connectivity index (χ3n) is 4.01. The van der Waals surface area contributed by atoms with Gasteiger partial charge in [-0.2, -0.15) is 0 Å². The molecule has 1 unspecified atom stereocenters. The Labute approximate surface area is 140 Å². The van der Waals surface area contributed by atoms with Crippen LogP contribution in [-0.2, 0) is 6.54 Å². The molecule has 0 saturated carbocycles. The number of hydrogen-bond acceptors (Lipinski definition) is 4. The van der Waals surface area contributed by atoms with Gasteiger partial charge in [-0.25, -0.2) is 4.98 Å². The van der Waals surface area contributed by atoms with E-state index in [1.807, 2.05) is 36.4 Å². The zero-order valence-electron chi connectivity index (χ0n) is 13.4. The highest BCUT2D eigenvalue weighted by Gasteiger charge is 2.11. The van der Waals surface area contributed by atoms with E-state index < -0.39 is 0 Å². The number of nitrogens with one attached hydrogen (secondary N) is 1. The minimum Gasteiger partial charge on any atom is -0.396 e. The number of fused-ring (bicyclic) bond motifs is 1. The van der Waals surface area contributed by atoms with Crippen molar-refractivity contribution in [1.82, 2.24) is 14.7 Å². The van der Waals surface area contributed by atoms with Crippen molar-refractivity contribution in [2.75, 3.05) is 6.61 Å². The molecule has 0 fully saturated rings. The van der Waals surface area contributed by atoms with Crippen LogP contribution in [0.4, 0.5) is 0 Å². The Hall–Kier alpha value is -2.50. The van der Waals surface area contributed by atoms with Gasteiger partial charge in [-0.3, -0.25) is 9.20 Å². The maximum Gasteiger partial charge on any atom is 0.258 e. The summed E-state index contributed by atoms with van der Waals surface area (Å²) < 4.78 is 1.53. The number of pyridine rings is 1. The van der Waals surface area contributed by atoms with Crippen LogP contribution in [0.5, 0.6) is 0 Å². The van der Waals surface area contributed by atoms with Crippen molar-refractivity contribution >= 4 is 5.65 Å². The number of benzene rings is 1. The topological polar surface area (TPSA) is 66.6 Å². The van der Waals surface area contributed by atoms with Gasteiger partial charge in [-0.15, -0.1) is 0 Å². The molecule has 0 amide bonds. The number of aliphatic hydroxyl groups excluding tert-OH is 1. The normalized spacial score (nSPS) is 12.4. The second-order valence-corrected chi connectivity index (χ2v) is 5.72. The first kappa shape index (κ1) is 16.4. The second kappa shape index (κ2) is 7.86. The van der Waals surface area contributed by atoms with Gasteiger partial charge in [0, 0.05) is 31.5 Å². The quantitative estimate of drug-likeness (QED) is 0.700. The molecule has 0 aliphatic carbocycles. The fraction of sp³-hybridized carbons (Fsp3) is 0.263. The summed E-state index contributed by atoms with van der Waals surface area (Å²) in [6.07, 6.45) is 3.27. The number of nitrogens with zero attached hydrogens (tertiary/aromatic N) is 2. The molecule has 0 spiro atoms. The van der Waals surface area contributed by atoms with Gasteiger partial charge in [0.05, 0.1) is 5.69 Å². The highest BCUT2D eigenvalue weighted by atomic mass is 16.2. The van der Waals surface area contributed by atoms with Crippen LogP contribution in [0, 0.1) is 0 Å². The zero-order valence-corrected chi connectivity index (χ0v) is 13.4. The number of aliphatic hydroxyl groups is 1. The van der Waals surface area contributed by atoms with Crippen molar-refractivity contribution in [1.29, 1.82) is 0 Å². The highest BCUT2D eigenvalue weighted by molar-refractivity contribution is 5.38. The molecule has 1 atom stereocenters. The van der Waals surface area contributed by atoms with Gasteiger partial charge in [0.25, 0.3) is 5.56 Å². The fourth-order valence-electron chi connectivity index (χ4n) is 2.79. The summed E-state index contributed by atoms with van der Waals surface area (Å²) in [5, 5.41) is 12.6. The van der Waals surface area contributed by atoms with Gasteiger partial charge in [-0.05, 0) is 30.5 Å². The third kappa shape index (κ3) is 3.88. The van der Waals surface area contributed by atoms with Crippen LogP contribution in [0.2, 0.25) is 0 Å². The van der Waals surface area contributed by atoms with Crippen LogP contribution in [0.3, 0.4) is 0 Å². The van der Waals surface area contributed by atoms with Gasteiger partial charge >= 0.3 is 0 Å². The van der Waals surface area contributed by atoms with E-state index in [0.29, 0.717) is 12.2 Å². The number of hydrogen-bond donors (Lipinski definition) is 2. The Bertz CT molecular complexity index is 846. The first-order valence-corrected chi connectivity index (χ1v) is 8.14. The van der Waals surface area contributed by atoms with E-state index in [0.717, 1.165) is 18.5 Å². The molecule has 5 nitrogen and oxygen atoms in total. The van der Waals surface area contributed by atoms with E-state index >= 15 is 0 Å². The fourth-order valence-corrected chi connectivity index (χ4v) is 2.79. The molecule has 24 heavy (non-hydrogen) atoms. The highest BCUT2D eigenvalue weighted by Crippen LogP contribution is 2.18. The molecular weight excluding hydrogens is 302 g/mol. The molecule has 0 saturated heterocycles. The van der Waals surface area contributed by atoms with E-state index in [9.17, 15) is 4.79 Å². The number of rotatable bonds is 7. The molecule has 2 aromatic heterocycles. The van der Waals surface area contributed by atoms with Crippen LogP contribution in [0.25, 0.3) is 5.65 Å². The molecule has 2 N–H and O–H groups in total. The first-order valence-electron chi connectivity index (χ1n) is 8.14. The Balaban J connectivity index is 1.78. The molecule has 3 rings (SSSR count). The summed E-state index contributed by atoms with van der Waals surface area (Å²) in [5.41, 5.74) is 2.46. The van der Waals surface area contributed by atoms with Gasteiger partial charge in [0.2, 0.25) is 0 Å². The average Bonchev–Trinajstić information content (AvgIpc) is 2.63. The largest absolute Gasteiger partial charge is 0.396 e. The Morgan fingerprint density at radius 1 is 1.12 bits per heavy atom. The lowest BCUT2D eigenvalue weighted by Crippen LogP contribution is -2.24. The van der Waals surface area contributed by atoms with E-state index in [2.05, 4.69) is 22.4 Å². The molecule has 0 aliphatic heterocycles. The molecule has 3 aromatic rings. The SMILES string of the molecule is O=c1cc(CNC(CCCO)c2ccccc2)nc2ccccn12. The lowest BCUT2D eigenvalue weighted by molar-refractivity contribution is 0.274. The molecule has 0 bridgehead atoms. The molecule has 124 valence electrons. The van der Waals surface area contributed by atoms with E-state index in [-0.39, 0.29) is 18.2 Å². The predicted molar refractivity (Wildman–Crippen MR) is 93.8 cm³/mol. The van der Waals surface area contributed by atoms with Gasteiger partial charge in [0.15, 0.2) is 0 Å². The summed E-state index contributed by atoms with van der Waals surface area (Å²) in [6, 6.07) is 17.3. The maximum absolute atomic E-state index is 12.1. The van der Waals surface area contributed by atoms with Gasteiger partial charge in [0.1, 0.15) is 5.65 Å². The van der Waals surface area contributed by atoms with Gasteiger partial charge < -0.3 is 10.4 Å². The summed E-state index contributed by atoms with van der Waals surface area (Å²) in [5.74, 6) is 0. The van der Waals surface area contributed by atoms with Crippen molar-refractivity contribution in [3.05, 3.63) is 82.4 Å². The minimum atomic E-state index is -0.0796. The van der Waals surface area contributed by atoms with E-state index in [1.54, 1.807) is 12.3 Å². The first-order chi connectivity index (χ1) is 11.8. The van der Waals surface area contributed by atoms with Crippen LogP contribution in [0.1, 0.15) is 30.1 Å². The van der Waals surface area contributed by atoms with Crippen molar-refractivity contribution in [3.8, 4) is 0 Å². The van der Waals surface area contributed by atoms with Crippen LogP contribution >= 0.6 is 0 Å². The second-order valence-electron chi connectivity index (χ2n) is 5.72. The summed E-state index contributed by atoms with van der Waals surface area (Å²) in [7, 11) is 0. The minimum absolute atomic E-state index is 0.0796. The summed E-state index contributed by atoms with van der Waals surface area (Å²) in [4.78, 5) is 16.7. The lowest BCUT2D eigenvalue weighted by atomic mass is 10.0. The molecule has 0 radical (unpaired) electrons. The summed E-state index contributed by atoms with van der Waals surface area (Å²) >= 11 is 0. The smallest absolute Gasteiger partial charge is 0.258 e. The van der Waals surface area contributed by atoms with Crippen molar-refractivity contribution in [3.63, 3.8) is 0 Å². The molecular formula is C19H21N3O2. The van der Waals surface area contributed by atoms with Crippen LogP contribution in [0.15, 0.2) is 65.6 Å². The predicted octanol–water partition coefficient (Wildman–Crippen LogP) is 2.30. The molecule has 1 aromatic carbocycles. The Morgan fingerprint density at radius 3 is 2.71 bits per heavy atom. The van der Waals surface area contributed by atoms with Crippen molar-refractivity contribution in [2.45, 2.75) is 25.4 Å². The molecule has 5 heteroatoms. The maximum atomic E-state index is 12.1. The standard InChI is InChI=1S/C19H21N3O2/c23-12-6-9-17(15-7-2-1-3-8-15)20-14-16-13-19(24)22-11-5-4-10-18(22)21-16/h1-5,7-8,10-11,13,17,20,23H,6,9,12,14H2.